The molecule has 0 radical (unpaired) electrons. The van der Waals surface area contributed by atoms with Gasteiger partial charge >= 0.3 is 0 Å². The van der Waals surface area contributed by atoms with Gasteiger partial charge in [-0.3, -0.25) is 9.80 Å². The maximum absolute atomic E-state index is 6.02. The van der Waals surface area contributed by atoms with Crippen LogP contribution in [0.2, 0.25) is 5.02 Å². The van der Waals surface area contributed by atoms with E-state index < -0.39 is 0 Å². The van der Waals surface area contributed by atoms with Crippen LogP contribution in [-0.4, -0.2) is 48.6 Å². The summed E-state index contributed by atoms with van der Waals surface area (Å²) in [5, 5.41) is 2.81. The van der Waals surface area contributed by atoms with Crippen LogP contribution in [0.5, 0.6) is 0 Å². The van der Waals surface area contributed by atoms with E-state index >= 15 is 0 Å². The molecule has 2 rings (SSSR count). The van der Waals surface area contributed by atoms with Gasteiger partial charge in [-0.1, -0.05) is 11.6 Å². The highest BCUT2D eigenvalue weighted by molar-refractivity contribution is 7.10. The molecule has 0 amide bonds. The van der Waals surface area contributed by atoms with Crippen molar-refractivity contribution in [2.75, 3.05) is 26.7 Å². The third kappa shape index (κ3) is 2.89. The van der Waals surface area contributed by atoms with E-state index in [4.69, 9.17) is 17.3 Å². The highest BCUT2D eigenvalue weighted by Crippen LogP contribution is 2.30. The zero-order chi connectivity index (χ0) is 13.3. The zero-order valence-corrected chi connectivity index (χ0v) is 12.8. The molecule has 0 aliphatic carbocycles. The molecule has 1 aliphatic heterocycles. The molecule has 0 spiro atoms. The lowest BCUT2D eigenvalue weighted by Gasteiger charge is -2.45. The van der Waals surface area contributed by atoms with Gasteiger partial charge < -0.3 is 5.73 Å². The molecule has 2 heterocycles. The number of nitrogens with two attached hydrogens (primary N) is 1. The number of halogens is 1. The molecule has 3 atom stereocenters. The Labute approximate surface area is 119 Å². The van der Waals surface area contributed by atoms with E-state index in [1.165, 1.54) is 4.88 Å². The first-order chi connectivity index (χ1) is 8.52. The van der Waals surface area contributed by atoms with E-state index in [-0.39, 0.29) is 0 Å². The Morgan fingerprint density at radius 1 is 1.44 bits per heavy atom. The first-order valence-corrected chi connectivity index (χ1v) is 7.68. The van der Waals surface area contributed by atoms with Crippen LogP contribution in [0, 0.1) is 0 Å². The minimum absolute atomic E-state index is 0.307. The Hall–Kier alpha value is -0.130. The van der Waals surface area contributed by atoms with Crippen molar-refractivity contribution < 1.29 is 0 Å². The topological polar surface area (TPSA) is 32.5 Å². The fourth-order valence-corrected chi connectivity index (χ4v) is 3.88. The largest absolute Gasteiger partial charge is 0.329 e. The van der Waals surface area contributed by atoms with Gasteiger partial charge in [-0.25, -0.2) is 0 Å². The van der Waals surface area contributed by atoms with Crippen molar-refractivity contribution in [3.8, 4) is 0 Å². The van der Waals surface area contributed by atoms with Crippen molar-refractivity contribution in [1.82, 2.24) is 9.80 Å². The molecule has 0 bridgehead atoms. The van der Waals surface area contributed by atoms with Gasteiger partial charge in [-0.05, 0) is 27.0 Å². The Bertz CT molecular complexity index is 383. The molecular formula is C13H22ClN3S. The normalized spacial score (nSPS) is 28.5. The van der Waals surface area contributed by atoms with E-state index in [9.17, 15) is 0 Å². The maximum atomic E-state index is 6.02. The van der Waals surface area contributed by atoms with Gasteiger partial charge in [0.2, 0.25) is 0 Å². The Kier molecular flexibility index (Phi) is 4.67. The second-order valence-corrected chi connectivity index (χ2v) is 6.62. The monoisotopic (exact) mass is 287 g/mol. The molecule has 1 aromatic heterocycles. The van der Waals surface area contributed by atoms with Crippen molar-refractivity contribution in [3.05, 3.63) is 21.3 Å². The number of piperazine rings is 1. The van der Waals surface area contributed by atoms with Crippen molar-refractivity contribution in [1.29, 1.82) is 0 Å². The van der Waals surface area contributed by atoms with Gasteiger partial charge in [-0.15, -0.1) is 11.3 Å². The third-order valence-corrected chi connectivity index (χ3v) is 5.35. The Balaban J connectivity index is 2.13. The maximum Gasteiger partial charge on any atom is 0.0565 e. The summed E-state index contributed by atoms with van der Waals surface area (Å²) in [7, 11) is 2.20. The summed E-state index contributed by atoms with van der Waals surface area (Å²) in [6.07, 6.45) is 0. The fourth-order valence-electron chi connectivity index (χ4n) is 2.65. The molecule has 1 aliphatic rings. The predicted molar refractivity (Wildman–Crippen MR) is 79.4 cm³/mol. The lowest BCUT2D eigenvalue weighted by Crippen LogP contribution is -2.56. The Morgan fingerprint density at radius 2 is 2.06 bits per heavy atom. The van der Waals surface area contributed by atoms with Gasteiger partial charge in [0.15, 0.2) is 0 Å². The molecule has 102 valence electrons. The number of likely N-dealkylation sites (N-methyl/N-ethyl adjacent to an activating group) is 1. The van der Waals surface area contributed by atoms with Crippen LogP contribution in [0.1, 0.15) is 24.8 Å². The summed E-state index contributed by atoms with van der Waals surface area (Å²) < 4.78 is 0. The molecule has 2 N–H and O–H groups in total. The second kappa shape index (κ2) is 5.88. The van der Waals surface area contributed by atoms with Gasteiger partial charge in [0, 0.05) is 42.0 Å². The summed E-state index contributed by atoms with van der Waals surface area (Å²) in [6.45, 7) is 7.34. The Morgan fingerprint density at radius 3 is 2.50 bits per heavy atom. The van der Waals surface area contributed by atoms with Crippen LogP contribution in [0.15, 0.2) is 11.4 Å². The van der Waals surface area contributed by atoms with Crippen LogP contribution < -0.4 is 5.73 Å². The zero-order valence-electron chi connectivity index (χ0n) is 11.3. The molecule has 0 aromatic carbocycles. The molecular weight excluding hydrogens is 266 g/mol. The molecule has 0 saturated carbocycles. The molecule has 18 heavy (non-hydrogen) atoms. The van der Waals surface area contributed by atoms with E-state index in [0.717, 1.165) is 18.1 Å². The molecule has 1 saturated heterocycles. The molecule has 3 unspecified atom stereocenters. The highest BCUT2D eigenvalue weighted by atomic mass is 35.5. The van der Waals surface area contributed by atoms with E-state index in [2.05, 4.69) is 36.8 Å². The van der Waals surface area contributed by atoms with E-state index in [1.807, 2.05) is 5.38 Å². The minimum atomic E-state index is 0.307. The quantitative estimate of drug-likeness (QED) is 0.927. The van der Waals surface area contributed by atoms with Crippen molar-refractivity contribution >= 4 is 22.9 Å². The number of rotatable bonds is 3. The number of hydrogen-bond donors (Lipinski definition) is 1. The average Bonchev–Trinajstić information content (AvgIpc) is 2.73. The number of hydrogen-bond acceptors (Lipinski definition) is 4. The molecule has 5 heteroatoms. The van der Waals surface area contributed by atoms with Crippen molar-refractivity contribution in [2.24, 2.45) is 5.73 Å². The average molecular weight is 288 g/mol. The van der Waals surface area contributed by atoms with Gasteiger partial charge in [-0.2, -0.15) is 0 Å². The predicted octanol–water partition coefficient (Wildman–Crippen LogP) is 2.43. The van der Waals surface area contributed by atoms with Gasteiger partial charge in [0.1, 0.15) is 0 Å². The van der Waals surface area contributed by atoms with Crippen molar-refractivity contribution in [2.45, 2.75) is 32.0 Å². The van der Waals surface area contributed by atoms with E-state index in [0.29, 0.717) is 24.7 Å². The SMILES string of the molecule is CC1CN(C(CN)c2cc(Cl)cs2)CC(C)N1C. The molecule has 3 nitrogen and oxygen atoms in total. The summed E-state index contributed by atoms with van der Waals surface area (Å²) in [5.41, 5.74) is 5.98. The summed E-state index contributed by atoms with van der Waals surface area (Å²) in [4.78, 5) is 6.22. The summed E-state index contributed by atoms with van der Waals surface area (Å²) in [5.74, 6) is 0. The van der Waals surface area contributed by atoms with Crippen molar-refractivity contribution in [3.63, 3.8) is 0 Å². The lowest BCUT2D eigenvalue weighted by molar-refractivity contribution is 0.0361. The van der Waals surface area contributed by atoms with Crippen LogP contribution in [0.4, 0.5) is 0 Å². The first-order valence-electron chi connectivity index (χ1n) is 6.43. The van der Waals surface area contributed by atoms with Gasteiger partial charge in [0.25, 0.3) is 0 Å². The van der Waals surface area contributed by atoms with Crippen LogP contribution in [0.3, 0.4) is 0 Å². The highest BCUT2D eigenvalue weighted by Gasteiger charge is 2.31. The summed E-state index contributed by atoms with van der Waals surface area (Å²) in [6, 6.07) is 3.50. The number of thiophene rings is 1. The van der Waals surface area contributed by atoms with Crippen LogP contribution in [-0.2, 0) is 0 Å². The lowest BCUT2D eigenvalue weighted by atomic mass is 10.1. The molecule has 1 aromatic rings. The second-order valence-electron chi connectivity index (χ2n) is 5.24. The standard InChI is InChI=1S/C13H22ClN3S/c1-9-6-17(7-10(2)16(9)3)12(5-15)13-4-11(14)8-18-13/h4,8-10,12H,5-7,15H2,1-3H3. The van der Waals surface area contributed by atoms with Gasteiger partial charge in [0.05, 0.1) is 11.1 Å². The fraction of sp³-hybridized carbons (Fsp3) is 0.692. The van der Waals surface area contributed by atoms with Crippen LogP contribution >= 0.6 is 22.9 Å². The van der Waals surface area contributed by atoms with E-state index in [1.54, 1.807) is 11.3 Å². The number of nitrogens with zero attached hydrogens (tertiary/aromatic N) is 2. The summed E-state index contributed by atoms with van der Waals surface area (Å²) >= 11 is 7.74. The third-order valence-electron chi connectivity index (χ3n) is 3.97. The smallest absolute Gasteiger partial charge is 0.0565 e. The minimum Gasteiger partial charge on any atom is -0.329 e. The molecule has 1 fully saturated rings. The van der Waals surface area contributed by atoms with Crippen LogP contribution in [0.25, 0.3) is 0 Å². The first kappa shape index (κ1) is 14.3.